The Labute approximate surface area is 113 Å². The van der Waals surface area contributed by atoms with Crippen molar-refractivity contribution in [2.45, 2.75) is 0 Å². The van der Waals surface area contributed by atoms with Crippen molar-refractivity contribution in [1.29, 1.82) is 0 Å². The van der Waals surface area contributed by atoms with Crippen LogP contribution in [0.15, 0.2) is 30.3 Å². The van der Waals surface area contributed by atoms with Gasteiger partial charge in [0.1, 0.15) is 11.6 Å². The Morgan fingerprint density at radius 3 is 2.65 bits per heavy atom. The van der Waals surface area contributed by atoms with Crippen LogP contribution in [0.4, 0.5) is 15.9 Å². The second-order valence-electron chi connectivity index (χ2n) is 3.57. The van der Waals surface area contributed by atoms with Gasteiger partial charge in [-0.1, -0.05) is 0 Å². The molecular formula is C12H12FIN2O. The number of ether oxygens (including phenoxy) is 1. The maximum Gasteiger partial charge on any atom is 0.194 e. The molecule has 0 aliphatic carbocycles. The van der Waals surface area contributed by atoms with E-state index in [0.717, 1.165) is 15.3 Å². The van der Waals surface area contributed by atoms with Crippen LogP contribution in [0.25, 0.3) is 0 Å². The number of anilines is 2. The summed E-state index contributed by atoms with van der Waals surface area (Å²) < 4.78 is 21.5. The number of hydrogen-bond donors (Lipinski definition) is 1. The Morgan fingerprint density at radius 2 is 2.06 bits per heavy atom. The van der Waals surface area contributed by atoms with Crippen LogP contribution in [0.2, 0.25) is 0 Å². The van der Waals surface area contributed by atoms with Crippen molar-refractivity contribution in [1.82, 2.24) is 4.57 Å². The first kappa shape index (κ1) is 12.2. The van der Waals surface area contributed by atoms with Crippen molar-refractivity contribution in [3.63, 3.8) is 0 Å². The molecule has 90 valence electrons. The fraction of sp³-hybridized carbons (Fsp3) is 0.167. The number of aromatic nitrogens is 1. The molecule has 1 N–H and O–H groups in total. The Hall–Kier alpha value is -1.24. The first-order valence-electron chi connectivity index (χ1n) is 5.03. The van der Waals surface area contributed by atoms with E-state index in [1.165, 1.54) is 6.07 Å². The van der Waals surface area contributed by atoms with Crippen LogP contribution in [0.5, 0.6) is 5.88 Å². The molecule has 3 nitrogen and oxygen atoms in total. The van der Waals surface area contributed by atoms with E-state index < -0.39 is 0 Å². The fourth-order valence-corrected chi connectivity index (χ4v) is 2.01. The van der Waals surface area contributed by atoms with E-state index in [2.05, 4.69) is 27.9 Å². The second kappa shape index (κ2) is 4.95. The van der Waals surface area contributed by atoms with E-state index in [4.69, 9.17) is 4.74 Å². The molecule has 17 heavy (non-hydrogen) atoms. The summed E-state index contributed by atoms with van der Waals surface area (Å²) in [5.74, 6) is 1.23. The molecule has 0 saturated heterocycles. The van der Waals surface area contributed by atoms with Gasteiger partial charge in [-0.3, -0.25) is 0 Å². The fourth-order valence-electron chi connectivity index (χ4n) is 1.55. The lowest BCUT2D eigenvalue weighted by Gasteiger charge is -2.10. The summed E-state index contributed by atoms with van der Waals surface area (Å²) in [5, 5.41) is 3.03. The molecule has 0 bridgehead atoms. The van der Waals surface area contributed by atoms with Gasteiger partial charge in [-0.15, -0.1) is 0 Å². The van der Waals surface area contributed by atoms with Gasteiger partial charge in [0.25, 0.3) is 0 Å². The largest absolute Gasteiger partial charge is 0.482 e. The Kier molecular flexibility index (Phi) is 3.56. The molecule has 0 aliphatic rings. The molecule has 1 aromatic carbocycles. The highest BCUT2D eigenvalue weighted by atomic mass is 127. The SMILES string of the molecule is COc1ccc(Nc2ccc(I)cc2F)n1C. The molecule has 0 amide bonds. The number of halogens is 2. The molecule has 0 aliphatic heterocycles. The van der Waals surface area contributed by atoms with E-state index in [9.17, 15) is 4.39 Å². The first-order chi connectivity index (χ1) is 8.11. The Morgan fingerprint density at radius 1 is 1.29 bits per heavy atom. The number of rotatable bonds is 3. The van der Waals surface area contributed by atoms with Crippen molar-refractivity contribution in [3.8, 4) is 5.88 Å². The van der Waals surface area contributed by atoms with Gasteiger partial charge in [-0.05, 0) is 46.9 Å². The van der Waals surface area contributed by atoms with E-state index >= 15 is 0 Å². The first-order valence-corrected chi connectivity index (χ1v) is 6.11. The molecule has 0 spiro atoms. The molecule has 1 aromatic heterocycles. The molecule has 0 atom stereocenters. The zero-order chi connectivity index (χ0) is 12.4. The van der Waals surface area contributed by atoms with Crippen molar-refractivity contribution >= 4 is 34.1 Å². The van der Waals surface area contributed by atoms with Gasteiger partial charge in [-0.2, -0.15) is 0 Å². The standard InChI is InChI=1S/C12H12FIN2O/c1-16-11(5-6-12(16)17-2)15-10-4-3-8(14)7-9(10)13/h3-7,15H,1-2H3. The molecule has 0 saturated carbocycles. The average Bonchev–Trinajstić information content (AvgIpc) is 2.64. The van der Waals surface area contributed by atoms with E-state index in [0.29, 0.717) is 5.69 Å². The smallest absolute Gasteiger partial charge is 0.194 e. The third-order valence-corrected chi connectivity index (χ3v) is 3.15. The van der Waals surface area contributed by atoms with Crippen LogP contribution in [-0.4, -0.2) is 11.7 Å². The average molecular weight is 346 g/mol. The van der Waals surface area contributed by atoms with E-state index in [1.54, 1.807) is 13.2 Å². The molecule has 2 aromatic rings. The minimum absolute atomic E-state index is 0.267. The van der Waals surface area contributed by atoms with Gasteiger partial charge in [-0.25, -0.2) is 4.39 Å². The lowest BCUT2D eigenvalue weighted by atomic mass is 10.3. The zero-order valence-corrected chi connectivity index (χ0v) is 11.7. The highest BCUT2D eigenvalue weighted by Crippen LogP contribution is 2.25. The zero-order valence-electron chi connectivity index (χ0n) is 9.50. The topological polar surface area (TPSA) is 26.2 Å². The molecule has 0 radical (unpaired) electrons. The van der Waals surface area contributed by atoms with Crippen LogP contribution in [0.3, 0.4) is 0 Å². The Balaban J connectivity index is 2.28. The number of nitrogens with one attached hydrogen (secondary N) is 1. The van der Waals surface area contributed by atoms with Crippen LogP contribution >= 0.6 is 22.6 Å². The van der Waals surface area contributed by atoms with Gasteiger partial charge in [0.05, 0.1) is 12.8 Å². The van der Waals surface area contributed by atoms with Crippen LogP contribution in [0.1, 0.15) is 0 Å². The molecule has 1 heterocycles. The Bertz CT molecular complexity index is 539. The third-order valence-electron chi connectivity index (χ3n) is 2.48. The van der Waals surface area contributed by atoms with Gasteiger partial charge < -0.3 is 14.6 Å². The maximum atomic E-state index is 13.6. The van der Waals surface area contributed by atoms with Crippen molar-refractivity contribution in [2.24, 2.45) is 7.05 Å². The molecule has 5 heteroatoms. The highest BCUT2D eigenvalue weighted by molar-refractivity contribution is 14.1. The molecular weight excluding hydrogens is 334 g/mol. The molecule has 2 rings (SSSR count). The summed E-state index contributed by atoms with van der Waals surface area (Å²) in [5.41, 5.74) is 0.453. The number of benzene rings is 1. The van der Waals surface area contributed by atoms with Gasteiger partial charge in [0, 0.05) is 16.7 Å². The van der Waals surface area contributed by atoms with Crippen molar-refractivity contribution in [3.05, 3.63) is 39.7 Å². The highest BCUT2D eigenvalue weighted by Gasteiger charge is 2.07. The lowest BCUT2D eigenvalue weighted by molar-refractivity contribution is 0.383. The third kappa shape index (κ3) is 2.54. The summed E-state index contributed by atoms with van der Waals surface area (Å²) in [7, 11) is 3.45. The van der Waals surface area contributed by atoms with E-state index in [1.807, 2.05) is 29.8 Å². The minimum atomic E-state index is -0.267. The van der Waals surface area contributed by atoms with Crippen LogP contribution < -0.4 is 10.1 Å². The molecule has 0 unspecified atom stereocenters. The second-order valence-corrected chi connectivity index (χ2v) is 4.81. The monoisotopic (exact) mass is 346 g/mol. The van der Waals surface area contributed by atoms with Crippen LogP contribution in [-0.2, 0) is 7.05 Å². The summed E-state index contributed by atoms with van der Waals surface area (Å²) in [6, 6.07) is 8.73. The summed E-state index contributed by atoms with van der Waals surface area (Å²) in [4.78, 5) is 0. The summed E-state index contributed by atoms with van der Waals surface area (Å²) >= 11 is 2.08. The normalized spacial score (nSPS) is 10.4. The van der Waals surface area contributed by atoms with Crippen molar-refractivity contribution < 1.29 is 9.13 Å². The summed E-state index contributed by atoms with van der Waals surface area (Å²) in [6.07, 6.45) is 0. The lowest BCUT2D eigenvalue weighted by Crippen LogP contribution is -2.01. The summed E-state index contributed by atoms with van der Waals surface area (Å²) in [6.45, 7) is 0. The maximum absolute atomic E-state index is 13.6. The number of methoxy groups -OCH3 is 1. The van der Waals surface area contributed by atoms with Gasteiger partial charge >= 0.3 is 0 Å². The van der Waals surface area contributed by atoms with Crippen LogP contribution in [0, 0.1) is 9.39 Å². The van der Waals surface area contributed by atoms with Gasteiger partial charge in [0.15, 0.2) is 5.88 Å². The predicted molar refractivity (Wildman–Crippen MR) is 74.4 cm³/mol. The number of hydrogen-bond acceptors (Lipinski definition) is 2. The minimum Gasteiger partial charge on any atom is -0.482 e. The predicted octanol–water partition coefficient (Wildman–Crippen LogP) is 3.52. The van der Waals surface area contributed by atoms with Gasteiger partial charge in [0.2, 0.25) is 0 Å². The molecule has 0 fully saturated rings. The van der Waals surface area contributed by atoms with Crippen molar-refractivity contribution in [2.75, 3.05) is 12.4 Å². The quantitative estimate of drug-likeness (QED) is 0.861. The number of nitrogens with zero attached hydrogens (tertiary/aromatic N) is 1. The van der Waals surface area contributed by atoms with E-state index in [-0.39, 0.29) is 5.82 Å².